The van der Waals surface area contributed by atoms with Crippen LogP contribution in [0.1, 0.15) is 43.6 Å². The van der Waals surface area contributed by atoms with E-state index in [9.17, 15) is 4.79 Å². The lowest BCUT2D eigenvalue weighted by Gasteiger charge is -2.12. The van der Waals surface area contributed by atoms with Crippen molar-refractivity contribution in [3.8, 4) is 0 Å². The number of anilines is 1. The van der Waals surface area contributed by atoms with Crippen LogP contribution in [0.3, 0.4) is 0 Å². The number of rotatable bonds is 6. The number of unbranched alkanes of at least 4 members (excludes halogenated alkanes) is 1. The molecule has 0 aliphatic heterocycles. The van der Waals surface area contributed by atoms with Gasteiger partial charge in [0.2, 0.25) is 0 Å². The first-order valence-corrected chi connectivity index (χ1v) is 5.77. The first-order chi connectivity index (χ1) is 8.17. The summed E-state index contributed by atoms with van der Waals surface area (Å²) in [6, 6.07) is 0.150. The SMILES string of the molecule is CCCCC(C)NC(=O)c1cnc(NN)cn1. The van der Waals surface area contributed by atoms with Crippen LogP contribution in [-0.4, -0.2) is 21.9 Å². The summed E-state index contributed by atoms with van der Waals surface area (Å²) in [4.78, 5) is 19.6. The highest BCUT2D eigenvalue weighted by atomic mass is 16.1. The Morgan fingerprint density at radius 1 is 1.47 bits per heavy atom. The number of carbonyl (C=O) groups excluding carboxylic acids is 1. The van der Waals surface area contributed by atoms with Gasteiger partial charge in [-0.3, -0.25) is 4.79 Å². The van der Waals surface area contributed by atoms with Crippen molar-refractivity contribution in [2.45, 2.75) is 39.2 Å². The van der Waals surface area contributed by atoms with E-state index < -0.39 is 0 Å². The van der Waals surface area contributed by atoms with E-state index in [1.165, 1.54) is 12.4 Å². The summed E-state index contributed by atoms with van der Waals surface area (Å²) in [6.45, 7) is 4.11. The standard InChI is InChI=1S/C11H19N5O/c1-3-4-5-8(2)15-11(17)9-6-14-10(16-12)7-13-9/h6-8H,3-5,12H2,1-2H3,(H,14,16)(H,15,17). The lowest BCUT2D eigenvalue weighted by atomic mass is 10.1. The summed E-state index contributed by atoms with van der Waals surface area (Å²) in [5.41, 5.74) is 2.65. The molecule has 0 saturated carbocycles. The number of hydrogen-bond donors (Lipinski definition) is 3. The number of nitrogens with zero attached hydrogens (tertiary/aromatic N) is 2. The molecule has 94 valence electrons. The van der Waals surface area contributed by atoms with Crippen LogP contribution in [0.15, 0.2) is 12.4 Å². The molecule has 6 heteroatoms. The average molecular weight is 237 g/mol. The van der Waals surface area contributed by atoms with E-state index in [1.807, 2.05) is 6.92 Å². The van der Waals surface area contributed by atoms with E-state index >= 15 is 0 Å². The molecule has 0 fully saturated rings. The summed E-state index contributed by atoms with van der Waals surface area (Å²) in [6.07, 6.45) is 6.01. The van der Waals surface area contributed by atoms with Crippen LogP contribution in [0, 0.1) is 0 Å². The summed E-state index contributed by atoms with van der Waals surface area (Å²) in [5, 5.41) is 2.88. The summed E-state index contributed by atoms with van der Waals surface area (Å²) >= 11 is 0. The van der Waals surface area contributed by atoms with Crippen LogP contribution in [0.4, 0.5) is 5.82 Å². The quantitative estimate of drug-likeness (QED) is 0.508. The minimum absolute atomic E-state index is 0.150. The zero-order chi connectivity index (χ0) is 12.7. The van der Waals surface area contributed by atoms with Crippen molar-refractivity contribution < 1.29 is 4.79 Å². The molecule has 0 spiro atoms. The predicted molar refractivity (Wildman–Crippen MR) is 66.3 cm³/mol. The number of hydrogen-bond acceptors (Lipinski definition) is 5. The van der Waals surface area contributed by atoms with Crippen LogP contribution in [0.2, 0.25) is 0 Å². The number of amides is 1. The van der Waals surface area contributed by atoms with Crippen LogP contribution in [0.5, 0.6) is 0 Å². The van der Waals surface area contributed by atoms with Gasteiger partial charge in [-0.1, -0.05) is 19.8 Å². The first kappa shape index (κ1) is 13.4. The Balaban J connectivity index is 2.51. The third-order valence-corrected chi connectivity index (χ3v) is 2.40. The van der Waals surface area contributed by atoms with Crippen molar-refractivity contribution in [2.75, 3.05) is 5.43 Å². The molecule has 1 rings (SSSR count). The molecule has 1 heterocycles. The van der Waals surface area contributed by atoms with Crippen molar-refractivity contribution in [1.82, 2.24) is 15.3 Å². The lowest BCUT2D eigenvalue weighted by molar-refractivity contribution is 0.0932. The Morgan fingerprint density at radius 3 is 2.76 bits per heavy atom. The second kappa shape index (κ2) is 6.80. The maximum absolute atomic E-state index is 11.8. The van der Waals surface area contributed by atoms with Crippen molar-refractivity contribution >= 4 is 11.7 Å². The van der Waals surface area contributed by atoms with Crippen LogP contribution in [-0.2, 0) is 0 Å². The van der Waals surface area contributed by atoms with E-state index in [2.05, 4.69) is 27.6 Å². The molecule has 1 aromatic heterocycles. The Morgan fingerprint density at radius 2 is 2.24 bits per heavy atom. The Hall–Kier alpha value is -1.69. The molecule has 0 saturated heterocycles. The topological polar surface area (TPSA) is 92.9 Å². The maximum atomic E-state index is 11.8. The van der Waals surface area contributed by atoms with Gasteiger partial charge in [0.1, 0.15) is 5.69 Å². The lowest BCUT2D eigenvalue weighted by Crippen LogP contribution is -2.33. The number of aromatic nitrogens is 2. The van der Waals surface area contributed by atoms with Gasteiger partial charge in [0.05, 0.1) is 12.4 Å². The maximum Gasteiger partial charge on any atom is 0.271 e. The predicted octanol–water partition coefficient (Wildman–Crippen LogP) is 1.07. The van der Waals surface area contributed by atoms with Gasteiger partial charge in [0.15, 0.2) is 5.82 Å². The third kappa shape index (κ3) is 4.36. The zero-order valence-corrected chi connectivity index (χ0v) is 10.2. The molecule has 6 nitrogen and oxygen atoms in total. The molecule has 17 heavy (non-hydrogen) atoms. The number of hydrazine groups is 1. The highest BCUT2D eigenvalue weighted by molar-refractivity contribution is 5.92. The highest BCUT2D eigenvalue weighted by Gasteiger charge is 2.10. The summed E-state index contributed by atoms with van der Waals surface area (Å²) in [5.74, 6) is 5.39. The second-order valence-electron chi connectivity index (χ2n) is 3.95. The fourth-order valence-electron chi connectivity index (χ4n) is 1.40. The average Bonchev–Trinajstić information content (AvgIpc) is 2.36. The van der Waals surface area contributed by atoms with E-state index in [0.717, 1.165) is 19.3 Å². The molecular formula is C11H19N5O. The minimum Gasteiger partial charge on any atom is -0.348 e. The molecule has 1 amide bonds. The molecular weight excluding hydrogens is 218 g/mol. The Labute approximate surface area is 101 Å². The van der Waals surface area contributed by atoms with E-state index in [-0.39, 0.29) is 11.9 Å². The summed E-state index contributed by atoms with van der Waals surface area (Å²) < 4.78 is 0. The number of nitrogens with one attached hydrogen (secondary N) is 2. The van der Waals surface area contributed by atoms with Gasteiger partial charge in [-0.15, -0.1) is 0 Å². The molecule has 0 aliphatic carbocycles. The fraction of sp³-hybridized carbons (Fsp3) is 0.545. The first-order valence-electron chi connectivity index (χ1n) is 5.77. The van der Waals surface area contributed by atoms with Crippen molar-refractivity contribution in [3.05, 3.63) is 18.1 Å². The van der Waals surface area contributed by atoms with Crippen LogP contribution in [0.25, 0.3) is 0 Å². The largest absolute Gasteiger partial charge is 0.348 e. The number of nitrogen functional groups attached to an aromatic ring is 1. The molecule has 1 unspecified atom stereocenters. The molecule has 4 N–H and O–H groups in total. The van der Waals surface area contributed by atoms with Crippen molar-refractivity contribution in [3.63, 3.8) is 0 Å². The highest BCUT2D eigenvalue weighted by Crippen LogP contribution is 2.02. The zero-order valence-electron chi connectivity index (χ0n) is 10.2. The number of carbonyl (C=O) groups is 1. The minimum atomic E-state index is -0.204. The van der Waals surface area contributed by atoms with E-state index in [1.54, 1.807) is 0 Å². The second-order valence-corrected chi connectivity index (χ2v) is 3.95. The van der Waals surface area contributed by atoms with Gasteiger partial charge < -0.3 is 10.7 Å². The fourth-order valence-corrected chi connectivity index (χ4v) is 1.40. The van der Waals surface area contributed by atoms with Crippen LogP contribution < -0.4 is 16.6 Å². The monoisotopic (exact) mass is 237 g/mol. The molecule has 1 aromatic rings. The third-order valence-electron chi connectivity index (χ3n) is 2.40. The van der Waals surface area contributed by atoms with Crippen molar-refractivity contribution in [1.29, 1.82) is 0 Å². The molecule has 0 radical (unpaired) electrons. The summed E-state index contributed by atoms with van der Waals surface area (Å²) in [7, 11) is 0. The van der Waals surface area contributed by atoms with Gasteiger partial charge >= 0.3 is 0 Å². The normalized spacial score (nSPS) is 11.9. The van der Waals surface area contributed by atoms with Gasteiger partial charge in [-0.05, 0) is 13.3 Å². The molecule has 0 aromatic carbocycles. The van der Waals surface area contributed by atoms with Gasteiger partial charge in [-0.25, -0.2) is 15.8 Å². The van der Waals surface area contributed by atoms with Gasteiger partial charge in [-0.2, -0.15) is 0 Å². The van der Waals surface area contributed by atoms with Crippen LogP contribution >= 0.6 is 0 Å². The molecule has 0 bridgehead atoms. The molecule has 0 aliphatic rings. The van der Waals surface area contributed by atoms with E-state index in [0.29, 0.717) is 11.5 Å². The number of nitrogens with two attached hydrogens (primary N) is 1. The molecule has 1 atom stereocenters. The Kier molecular flexibility index (Phi) is 5.35. The van der Waals surface area contributed by atoms with E-state index in [4.69, 9.17) is 5.84 Å². The smallest absolute Gasteiger partial charge is 0.271 e. The van der Waals surface area contributed by atoms with Gasteiger partial charge in [0, 0.05) is 6.04 Å². The van der Waals surface area contributed by atoms with Crippen molar-refractivity contribution in [2.24, 2.45) is 5.84 Å². The Bertz CT molecular complexity index is 351. The van der Waals surface area contributed by atoms with Gasteiger partial charge in [0.25, 0.3) is 5.91 Å².